The van der Waals surface area contributed by atoms with Crippen LogP contribution in [0.25, 0.3) is 17.1 Å². The van der Waals surface area contributed by atoms with Crippen molar-refractivity contribution in [1.29, 1.82) is 0 Å². The number of imidazole rings is 1. The first-order chi connectivity index (χ1) is 37.3. The summed E-state index contributed by atoms with van der Waals surface area (Å²) in [6.45, 7) is 3.58. The number of rotatable bonds is 9. The van der Waals surface area contributed by atoms with Crippen LogP contribution in [0.4, 0.5) is 11.4 Å². The molecule has 5 heterocycles. The summed E-state index contributed by atoms with van der Waals surface area (Å²) in [7, 11) is 0. The van der Waals surface area contributed by atoms with E-state index in [1.165, 1.54) is 0 Å². The number of aliphatic hydroxyl groups excluding tert-OH is 1. The summed E-state index contributed by atoms with van der Waals surface area (Å²) in [6, 6.07) is 7.21. The maximum absolute atomic E-state index is 13.5. The Morgan fingerprint density at radius 3 is 1.96 bits per heavy atom. The van der Waals surface area contributed by atoms with E-state index in [0.717, 1.165) is 36.5 Å². The highest BCUT2D eigenvalue weighted by Crippen LogP contribution is 2.40. The number of aromatic nitrogens is 7. The molecule has 1 amide bonds. The molecule has 2 fully saturated rings. The van der Waals surface area contributed by atoms with Crippen molar-refractivity contribution in [2.45, 2.75) is 44.2 Å². The maximum Gasteiger partial charge on any atom is 0.274 e. The van der Waals surface area contributed by atoms with E-state index in [0.29, 0.717) is 48.3 Å². The van der Waals surface area contributed by atoms with Gasteiger partial charge in [-0.05, 0) is 155 Å². The van der Waals surface area contributed by atoms with Crippen molar-refractivity contribution in [3.63, 3.8) is 0 Å². The highest BCUT2D eigenvalue weighted by molar-refractivity contribution is 6.05. The number of nitrogens with zero attached hydrogens (tertiary/aromatic N) is 16. The van der Waals surface area contributed by atoms with Crippen molar-refractivity contribution < 1.29 is 47.0 Å². The number of terminal acetylenes is 2. The minimum Gasteiger partial charge on any atom is -0.488 e. The minimum absolute atomic E-state index is 0. The lowest BCUT2D eigenvalue weighted by atomic mass is 10.1. The van der Waals surface area contributed by atoms with Crippen LogP contribution in [0.1, 0.15) is 71.4 Å². The number of β-amino-alcohol motifs (C(OH)–C–C–N with tert-alkyl or cyclic N) is 1. The van der Waals surface area contributed by atoms with E-state index in [1.807, 2.05) is 29.8 Å². The molecule has 3 aromatic heterocycles. The Kier molecular flexibility index (Phi) is 22.3. The first-order valence-corrected chi connectivity index (χ1v) is 21.4. The third-order valence-electron chi connectivity index (χ3n) is 9.21. The number of nitrogens with two attached hydrogens (primary N) is 1. The van der Waals surface area contributed by atoms with Crippen LogP contribution >= 0.6 is 0 Å². The Hall–Kier alpha value is -12.3. The second-order valence-corrected chi connectivity index (χ2v) is 14.2. The van der Waals surface area contributed by atoms with Gasteiger partial charge >= 0.3 is 0 Å². The lowest BCUT2D eigenvalue weighted by Gasteiger charge is -2.22. The number of carbonyl (C=O) groups excluding carboxylic acids is 1. The Balaban J connectivity index is -0.000000190. The number of pyridine rings is 1. The van der Waals surface area contributed by atoms with Crippen LogP contribution in [0.2, 0.25) is 0 Å². The molecule has 0 unspecified atom stereocenters. The van der Waals surface area contributed by atoms with Gasteiger partial charge in [0.2, 0.25) is 10.4 Å². The molecule has 0 spiro atoms. The number of aliphatic hydroxyl groups is 1. The molecule has 1 saturated carbocycles. The summed E-state index contributed by atoms with van der Waals surface area (Å²) in [5.41, 5.74) is 4.20. The predicted molar refractivity (Wildman–Crippen MR) is 295 cm³/mol. The number of para-hydroxylation sites is 1. The van der Waals surface area contributed by atoms with Crippen LogP contribution in [0.5, 0.6) is 5.75 Å². The van der Waals surface area contributed by atoms with Gasteiger partial charge in [-0.1, -0.05) is 11.3 Å². The van der Waals surface area contributed by atoms with Gasteiger partial charge < -0.3 is 40.7 Å². The number of tetrazole rings is 1. The van der Waals surface area contributed by atoms with E-state index in [1.54, 1.807) is 29.3 Å². The molecule has 7 rings (SSSR count). The number of ether oxygens (including phenoxy) is 1. The third-order valence-corrected chi connectivity index (χ3v) is 9.21. The van der Waals surface area contributed by atoms with Gasteiger partial charge in [-0.2, -0.15) is 0 Å². The highest BCUT2D eigenvalue weighted by Gasteiger charge is 2.29. The Bertz CT molecular complexity index is 3720. The molecule has 390 valence electrons. The maximum atomic E-state index is 13.5. The van der Waals surface area contributed by atoms with Crippen molar-refractivity contribution in [2.24, 2.45) is 42.4 Å². The average Bonchev–Trinajstić information content (AvgIpc) is 2.63. The van der Waals surface area contributed by atoms with Crippen molar-refractivity contribution in [2.75, 3.05) is 29.9 Å². The summed E-state index contributed by atoms with van der Waals surface area (Å²) < 4.78 is 9.76. The van der Waals surface area contributed by atoms with Crippen LogP contribution < -0.4 is 20.8 Å². The van der Waals surface area contributed by atoms with E-state index >= 15 is 0 Å². The lowest BCUT2D eigenvalue weighted by Crippen LogP contribution is -2.24. The fourth-order valence-electron chi connectivity index (χ4n) is 5.97. The molecule has 2 aliphatic heterocycles. The van der Waals surface area contributed by atoms with Crippen LogP contribution in [-0.4, -0.2) is 81.8 Å². The number of hydrogen-bond donors (Lipinski definition) is 4. The average molecular weight is 1030 g/mol. The number of fused-ring (bicyclic) bond motifs is 3. The molecule has 1 aliphatic carbocycles. The van der Waals surface area contributed by atoms with Gasteiger partial charge in [0, 0.05) is 100 Å². The zero-order valence-corrected chi connectivity index (χ0v) is 39.4. The Morgan fingerprint density at radius 1 is 0.842 bits per heavy atom. The molecule has 76 heavy (non-hydrogen) atoms. The fourth-order valence-corrected chi connectivity index (χ4v) is 5.97. The molecule has 1 saturated heterocycles. The SMILES string of the molecule is C#CC#CC#CC#CC#CC#CC#CC#CC#CC#CC#CC#CC#C.C[C@H]1COc2c(NC(=O)c3cc(-n4cnc(C5CC5)c4)c(N4CC[C@@H](O)C4)cn3)cccc2-c2nnnn21.NN=NN=NN=NN=[N+]([O-])OO.[HH].[HH].[HH].[HH].[HH].[HH].[HH].[HH].[HH].[HH].[HH].[HH]. The van der Waals surface area contributed by atoms with E-state index in [2.05, 4.69) is 225 Å². The smallest absolute Gasteiger partial charge is 0.274 e. The Labute approximate surface area is 452 Å². The highest BCUT2D eigenvalue weighted by atomic mass is 17.2. The number of benzene rings is 1. The molecule has 24 heteroatoms. The topological polar surface area (TPSA) is 304 Å². The number of carbonyl (C=O) groups is 1. The minimum atomic E-state index is -0.622. The molecular weight excluding hydrogens is 973 g/mol. The number of anilines is 2. The summed E-state index contributed by atoms with van der Waals surface area (Å²) in [5.74, 6) is 63.9. The third kappa shape index (κ3) is 18.2. The Morgan fingerprint density at radius 2 is 1.42 bits per heavy atom. The number of amides is 1. The molecule has 5 N–H and O–H groups in total. The molecule has 4 aromatic rings. The van der Waals surface area contributed by atoms with E-state index in [-0.39, 0.29) is 40.9 Å². The summed E-state index contributed by atoms with van der Waals surface area (Å²) in [6.07, 6.45) is 18.0. The predicted octanol–water partition coefficient (Wildman–Crippen LogP) is 6.15. The standard InChI is InChI=1S/C26H27N9O3.C26H2.H3N9O3.12H2/c1-15-13-38-24-18(25-30-31-32-35(15)25)3-2-4-19(24)29-26(37)20-9-22(34-12-21(28-14-34)16-5-6-16)23(10-27-20)33-8-7-17(36)11-33;1-3-5-7-9-11-13-15-17-19-21-23-25-26-24-22-20-18-16-14-12-10-8-6-4-2;1-2-3-4-5-6-7-8-9(10)12-11;;;;;;;;;;;;/h2-4,9-10,12,14-17,36H,5-8,11,13H2,1H3,(H,29,37);1-2H;11H,(H2,1,3,5,7);12*1H/t15-,17+;;;;;;;;;;;;;;/m0............../s1. The van der Waals surface area contributed by atoms with Gasteiger partial charge in [-0.3, -0.25) is 10.1 Å². The largest absolute Gasteiger partial charge is 0.488 e. The van der Waals surface area contributed by atoms with Crippen molar-refractivity contribution in [1.82, 2.24) is 34.7 Å². The van der Waals surface area contributed by atoms with Gasteiger partial charge in [0.05, 0.1) is 58.0 Å². The van der Waals surface area contributed by atoms with E-state index in [9.17, 15) is 15.1 Å². The zero-order chi connectivity index (χ0) is 54.0. The first kappa shape index (κ1) is 54.7. The van der Waals surface area contributed by atoms with Gasteiger partial charge in [0.15, 0.2) is 11.6 Å². The second kappa shape index (κ2) is 31.0. The van der Waals surface area contributed by atoms with Crippen molar-refractivity contribution >= 4 is 17.3 Å². The van der Waals surface area contributed by atoms with E-state index < -0.39 is 5.02 Å². The summed E-state index contributed by atoms with van der Waals surface area (Å²) in [4.78, 5) is 27.7. The van der Waals surface area contributed by atoms with Crippen LogP contribution in [0.15, 0.2) is 79.5 Å². The molecule has 1 aromatic carbocycles. The summed E-state index contributed by atoms with van der Waals surface area (Å²) >= 11 is 0. The van der Waals surface area contributed by atoms with E-state index in [4.69, 9.17) is 22.8 Å². The number of nitrogens with one attached hydrogen (secondary N) is 1. The zero-order valence-electron chi connectivity index (χ0n) is 39.4. The van der Waals surface area contributed by atoms with Crippen molar-refractivity contribution in [3.05, 3.63) is 59.6 Å². The molecule has 2 atom stereocenters. The van der Waals surface area contributed by atoms with Gasteiger partial charge in [0.25, 0.3) is 5.91 Å². The molecule has 24 nitrogen and oxygen atoms in total. The monoisotopic (exact) mass is 1030 g/mol. The normalized spacial score (nSPS) is 13.6. The van der Waals surface area contributed by atoms with Crippen molar-refractivity contribution in [3.8, 4) is 178 Å². The molecular formula is C52H56N18O6. The molecule has 0 bridgehead atoms. The number of hydrogen-bond acceptors (Lipinski definition) is 13. The quantitative estimate of drug-likeness (QED) is 0.0482. The fraction of sp³-hybridized carbons (Fsp3) is 0.192. The first-order valence-electron chi connectivity index (χ1n) is 21.4. The van der Waals surface area contributed by atoms with Crippen LogP contribution in [0.3, 0.4) is 0 Å². The van der Waals surface area contributed by atoms with Gasteiger partial charge in [0.1, 0.15) is 17.5 Å². The lowest BCUT2D eigenvalue weighted by molar-refractivity contribution is -0.873. The molecule has 3 aliphatic rings. The van der Waals surface area contributed by atoms with Gasteiger partial charge in [-0.15, -0.1) is 17.9 Å². The van der Waals surface area contributed by atoms with Crippen LogP contribution in [0, 0.1) is 160 Å². The van der Waals surface area contributed by atoms with Crippen LogP contribution in [-0.2, 0) is 4.99 Å². The van der Waals surface area contributed by atoms with Gasteiger partial charge in [-0.25, -0.2) is 14.6 Å². The second-order valence-electron chi connectivity index (χ2n) is 14.2. The molecule has 0 radical (unpaired) electrons. The summed E-state index contributed by atoms with van der Waals surface area (Å²) in [5, 5.41) is 61.2.